The summed E-state index contributed by atoms with van der Waals surface area (Å²) in [4.78, 5) is 41.4. The van der Waals surface area contributed by atoms with Crippen LogP contribution in [0.4, 0.5) is 10.5 Å². The van der Waals surface area contributed by atoms with Gasteiger partial charge in [0.2, 0.25) is 11.8 Å². The number of ether oxygens (including phenoxy) is 1. The third-order valence-electron chi connectivity index (χ3n) is 4.96. The van der Waals surface area contributed by atoms with E-state index in [1.54, 1.807) is 21.6 Å². The molecule has 0 aliphatic carbocycles. The van der Waals surface area contributed by atoms with E-state index in [4.69, 9.17) is 4.74 Å². The molecule has 1 aromatic carbocycles. The highest BCUT2D eigenvalue weighted by Crippen LogP contribution is 2.21. The van der Waals surface area contributed by atoms with Crippen LogP contribution in [0.5, 0.6) is 0 Å². The van der Waals surface area contributed by atoms with E-state index in [-0.39, 0.29) is 24.3 Å². The van der Waals surface area contributed by atoms with Crippen LogP contribution in [0.15, 0.2) is 24.3 Å². The number of amides is 3. The molecule has 0 bridgehead atoms. The highest BCUT2D eigenvalue weighted by molar-refractivity contribution is 5.92. The average molecular weight is 389 g/mol. The Kier molecular flexibility index (Phi) is 7.84. The fraction of sp³-hybridized carbons (Fsp3) is 0.571. The number of anilines is 1. The molecule has 0 aromatic heterocycles. The lowest BCUT2D eigenvalue weighted by Gasteiger charge is -2.34. The Morgan fingerprint density at radius 3 is 2.11 bits per heavy atom. The number of hydrogen-bond donors (Lipinski definition) is 0. The van der Waals surface area contributed by atoms with E-state index in [0.717, 1.165) is 5.69 Å². The zero-order valence-corrected chi connectivity index (χ0v) is 17.3. The van der Waals surface area contributed by atoms with Crippen molar-refractivity contribution in [3.05, 3.63) is 29.8 Å². The Bertz CT molecular complexity index is 679. The summed E-state index contributed by atoms with van der Waals surface area (Å²) in [6, 6.07) is 7.90. The van der Waals surface area contributed by atoms with Gasteiger partial charge in [-0.3, -0.25) is 9.59 Å². The number of hydrogen-bond acceptors (Lipinski definition) is 4. The second-order valence-electron chi connectivity index (χ2n) is 7.23. The van der Waals surface area contributed by atoms with Gasteiger partial charge in [-0.15, -0.1) is 0 Å². The fourth-order valence-electron chi connectivity index (χ4n) is 3.23. The third kappa shape index (κ3) is 5.71. The summed E-state index contributed by atoms with van der Waals surface area (Å²) in [7, 11) is 0. The molecule has 0 spiro atoms. The van der Waals surface area contributed by atoms with Gasteiger partial charge in [-0.05, 0) is 30.5 Å². The number of rotatable bonds is 6. The lowest BCUT2D eigenvalue weighted by atomic mass is 10.0. The van der Waals surface area contributed by atoms with Gasteiger partial charge in [-0.25, -0.2) is 4.79 Å². The van der Waals surface area contributed by atoms with Crippen LogP contribution in [0, 0.1) is 0 Å². The van der Waals surface area contributed by atoms with E-state index < -0.39 is 0 Å². The van der Waals surface area contributed by atoms with Crippen molar-refractivity contribution < 1.29 is 19.1 Å². The highest BCUT2D eigenvalue weighted by Gasteiger charge is 2.25. The molecule has 7 heteroatoms. The summed E-state index contributed by atoms with van der Waals surface area (Å²) in [6.07, 6.45) is -0.0764. The molecule has 1 heterocycles. The Morgan fingerprint density at radius 2 is 1.61 bits per heavy atom. The standard InChI is InChI=1S/C21H31N3O4/c1-5-28-21(27)23-14-12-22(13-15-23)20(26)10-11-24(17(4)25)19-8-6-18(7-9-19)16(2)3/h6-9,16H,5,10-15H2,1-4H3. The van der Waals surface area contributed by atoms with Gasteiger partial charge in [0.1, 0.15) is 0 Å². The average Bonchev–Trinajstić information content (AvgIpc) is 2.68. The smallest absolute Gasteiger partial charge is 0.409 e. The lowest BCUT2D eigenvalue weighted by molar-refractivity contribution is -0.132. The summed E-state index contributed by atoms with van der Waals surface area (Å²) >= 11 is 0. The second kappa shape index (κ2) is 10.1. The van der Waals surface area contributed by atoms with Crippen molar-refractivity contribution >= 4 is 23.6 Å². The molecule has 0 N–H and O–H groups in total. The molecule has 1 aliphatic rings. The van der Waals surface area contributed by atoms with Crippen LogP contribution in [-0.2, 0) is 14.3 Å². The van der Waals surface area contributed by atoms with Gasteiger partial charge < -0.3 is 19.4 Å². The van der Waals surface area contributed by atoms with E-state index in [2.05, 4.69) is 13.8 Å². The fourth-order valence-corrected chi connectivity index (χ4v) is 3.23. The molecule has 2 rings (SSSR count). The first-order chi connectivity index (χ1) is 13.3. The van der Waals surface area contributed by atoms with Crippen LogP contribution in [-0.4, -0.2) is 67.0 Å². The maximum atomic E-state index is 12.6. The van der Waals surface area contributed by atoms with Gasteiger partial charge in [-0.1, -0.05) is 26.0 Å². The molecule has 7 nitrogen and oxygen atoms in total. The first-order valence-corrected chi connectivity index (χ1v) is 9.91. The summed E-state index contributed by atoms with van der Waals surface area (Å²) in [6.45, 7) is 10.1. The van der Waals surface area contributed by atoms with Crippen LogP contribution in [0.25, 0.3) is 0 Å². The predicted molar refractivity (Wildman–Crippen MR) is 108 cm³/mol. The molecule has 0 radical (unpaired) electrons. The van der Waals surface area contributed by atoms with Crippen molar-refractivity contribution in [2.75, 3.05) is 44.2 Å². The van der Waals surface area contributed by atoms with Crippen LogP contribution >= 0.6 is 0 Å². The summed E-state index contributed by atoms with van der Waals surface area (Å²) < 4.78 is 4.99. The zero-order valence-electron chi connectivity index (χ0n) is 17.3. The van der Waals surface area contributed by atoms with Crippen LogP contribution in [0.2, 0.25) is 0 Å². The quantitative estimate of drug-likeness (QED) is 0.750. The second-order valence-corrected chi connectivity index (χ2v) is 7.23. The number of benzene rings is 1. The molecule has 1 fully saturated rings. The van der Waals surface area contributed by atoms with Crippen molar-refractivity contribution in [2.45, 2.75) is 40.0 Å². The largest absolute Gasteiger partial charge is 0.450 e. The van der Waals surface area contributed by atoms with E-state index >= 15 is 0 Å². The Labute approximate surface area is 167 Å². The van der Waals surface area contributed by atoms with E-state index in [0.29, 0.717) is 45.2 Å². The van der Waals surface area contributed by atoms with Crippen LogP contribution in [0.1, 0.15) is 45.6 Å². The Morgan fingerprint density at radius 1 is 1.04 bits per heavy atom. The maximum absolute atomic E-state index is 12.6. The predicted octanol–water partition coefficient (Wildman–Crippen LogP) is 2.85. The molecule has 0 saturated carbocycles. The summed E-state index contributed by atoms with van der Waals surface area (Å²) in [5.41, 5.74) is 2.01. The van der Waals surface area contributed by atoms with Gasteiger partial charge in [0.25, 0.3) is 0 Å². The van der Waals surface area contributed by atoms with E-state index in [1.165, 1.54) is 12.5 Å². The molecule has 0 atom stereocenters. The first kappa shape index (κ1) is 21.7. The molecule has 1 aromatic rings. The van der Waals surface area contributed by atoms with E-state index in [1.807, 2.05) is 24.3 Å². The molecule has 3 amide bonds. The van der Waals surface area contributed by atoms with Gasteiger partial charge in [0, 0.05) is 51.8 Å². The highest BCUT2D eigenvalue weighted by atomic mass is 16.6. The molecule has 154 valence electrons. The molecule has 1 aliphatic heterocycles. The first-order valence-electron chi connectivity index (χ1n) is 9.91. The molecular formula is C21H31N3O4. The Balaban J connectivity index is 1.89. The van der Waals surface area contributed by atoms with Crippen molar-refractivity contribution in [1.82, 2.24) is 9.80 Å². The molecular weight excluding hydrogens is 358 g/mol. The summed E-state index contributed by atoms with van der Waals surface area (Å²) in [5, 5.41) is 0. The van der Waals surface area contributed by atoms with Gasteiger partial charge in [-0.2, -0.15) is 0 Å². The minimum Gasteiger partial charge on any atom is -0.450 e. The third-order valence-corrected chi connectivity index (χ3v) is 4.96. The topological polar surface area (TPSA) is 70.2 Å². The molecule has 0 unspecified atom stereocenters. The van der Waals surface area contributed by atoms with Crippen molar-refractivity contribution in [1.29, 1.82) is 0 Å². The molecule has 1 saturated heterocycles. The number of carbonyl (C=O) groups is 3. The monoisotopic (exact) mass is 389 g/mol. The van der Waals surface area contributed by atoms with Crippen molar-refractivity contribution in [3.8, 4) is 0 Å². The Hall–Kier alpha value is -2.57. The number of piperazine rings is 1. The van der Waals surface area contributed by atoms with Crippen molar-refractivity contribution in [2.24, 2.45) is 0 Å². The van der Waals surface area contributed by atoms with Crippen molar-refractivity contribution in [3.63, 3.8) is 0 Å². The number of nitrogens with zero attached hydrogens (tertiary/aromatic N) is 3. The zero-order chi connectivity index (χ0) is 20.7. The normalized spacial score (nSPS) is 14.2. The lowest BCUT2D eigenvalue weighted by Crippen LogP contribution is -2.51. The summed E-state index contributed by atoms with van der Waals surface area (Å²) in [5.74, 6) is 0.334. The maximum Gasteiger partial charge on any atom is 0.409 e. The molecule has 28 heavy (non-hydrogen) atoms. The minimum absolute atomic E-state index is 0.00596. The van der Waals surface area contributed by atoms with Gasteiger partial charge in [0.05, 0.1) is 6.61 Å². The van der Waals surface area contributed by atoms with E-state index in [9.17, 15) is 14.4 Å². The van der Waals surface area contributed by atoms with Gasteiger partial charge in [0.15, 0.2) is 0 Å². The van der Waals surface area contributed by atoms with Crippen LogP contribution in [0.3, 0.4) is 0 Å². The van der Waals surface area contributed by atoms with Gasteiger partial charge >= 0.3 is 6.09 Å². The van der Waals surface area contributed by atoms with Crippen LogP contribution < -0.4 is 4.90 Å². The number of carbonyl (C=O) groups excluding carboxylic acids is 3. The SMILES string of the molecule is CCOC(=O)N1CCN(C(=O)CCN(C(C)=O)c2ccc(C(C)C)cc2)CC1. The minimum atomic E-state index is -0.331.